The highest BCUT2D eigenvalue weighted by Crippen LogP contribution is 2.43. The molecule has 4 rings (SSSR count). The Morgan fingerprint density at radius 2 is 1.42 bits per heavy atom. The van der Waals surface area contributed by atoms with Crippen LogP contribution in [0.5, 0.6) is 0 Å². The summed E-state index contributed by atoms with van der Waals surface area (Å²) in [5.41, 5.74) is 3.92. The number of guanidine groups is 1. The summed E-state index contributed by atoms with van der Waals surface area (Å²) in [5.74, 6) is -1.29. The van der Waals surface area contributed by atoms with Gasteiger partial charge in [-0.2, -0.15) is 0 Å². The topological polar surface area (TPSA) is 82.9 Å². The largest absolute Gasteiger partial charge is 0.431 e. The Balaban J connectivity index is 1.95. The van der Waals surface area contributed by atoms with Gasteiger partial charge in [-0.1, -0.05) is 35.4 Å². The van der Waals surface area contributed by atoms with Gasteiger partial charge in [-0.3, -0.25) is 15.2 Å². The number of nitrogens with one attached hydrogen (secondary N) is 1. The molecule has 7 heteroatoms. The van der Waals surface area contributed by atoms with Gasteiger partial charge in [-0.05, 0) is 51.0 Å². The van der Waals surface area contributed by atoms with E-state index in [1.165, 1.54) is 0 Å². The fraction of sp³-hybridized carbons (Fsp3) is 0.292. The van der Waals surface area contributed by atoms with Crippen molar-refractivity contribution in [2.24, 2.45) is 0 Å². The van der Waals surface area contributed by atoms with Gasteiger partial charge in [0.25, 0.3) is 0 Å². The van der Waals surface area contributed by atoms with E-state index < -0.39 is 23.9 Å². The van der Waals surface area contributed by atoms with Crippen LogP contribution >= 0.6 is 0 Å². The SMILES string of the molecule is Cc1ccc(N2C(=N)N(c3ccc(C)cc3C)C3(C)OC(=O)/C=C/C(=O)OC23)c(C)c1. The number of nitrogens with zero attached hydrogens (tertiary/aromatic N) is 2. The molecule has 2 aromatic carbocycles. The monoisotopic (exact) mass is 419 g/mol. The first-order valence-corrected chi connectivity index (χ1v) is 10.1. The number of esters is 2. The highest BCUT2D eigenvalue weighted by Gasteiger charge is 2.60. The van der Waals surface area contributed by atoms with Crippen molar-refractivity contribution in [2.75, 3.05) is 9.80 Å². The Bertz CT molecular complexity index is 1140. The summed E-state index contributed by atoms with van der Waals surface area (Å²) in [6.07, 6.45) is 1.04. The van der Waals surface area contributed by atoms with Crippen LogP contribution in [0, 0.1) is 33.1 Å². The first-order valence-electron chi connectivity index (χ1n) is 10.1. The molecule has 0 spiro atoms. The molecular weight excluding hydrogens is 394 g/mol. The number of fused-ring (bicyclic) bond motifs is 1. The molecule has 1 N–H and O–H groups in total. The Kier molecular flexibility index (Phi) is 4.84. The van der Waals surface area contributed by atoms with Crippen LogP contribution in [-0.2, 0) is 19.1 Å². The molecule has 0 aromatic heterocycles. The molecule has 2 aliphatic rings. The van der Waals surface area contributed by atoms with E-state index >= 15 is 0 Å². The number of aryl methyl sites for hydroxylation is 4. The fourth-order valence-electron chi connectivity index (χ4n) is 4.29. The third-order valence-corrected chi connectivity index (χ3v) is 5.67. The molecule has 160 valence electrons. The summed E-state index contributed by atoms with van der Waals surface area (Å²) < 4.78 is 11.6. The Morgan fingerprint density at radius 3 is 2.00 bits per heavy atom. The minimum absolute atomic E-state index is 0.0499. The van der Waals surface area contributed by atoms with Gasteiger partial charge in [0.2, 0.25) is 17.9 Å². The maximum Gasteiger partial charge on any atom is 0.333 e. The van der Waals surface area contributed by atoms with E-state index in [-0.39, 0.29) is 5.96 Å². The maximum absolute atomic E-state index is 12.5. The summed E-state index contributed by atoms with van der Waals surface area (Å²) in [6, 6.07) is 11.6. The number of carbonyl (C=O) groups excluding carboxylic acids is 2. The number of hydrogen-bond donors (Lipinski definition) is 1. The van der Waals surface area contributed by atoms with E-state index in [1.807, 2.05) is 64.1 Å². The summed E-state index contributed by atoms with van der Waals surface area (Å²) >= 11 is 0. The summed E-state index contributed by atoms with van der Waals surface area (Å²) in [7, 11) is 0. The van der Waals surface area contributed by atoms with Crippen LogP contribution in [0.4, 0.5) is 11.4 Å². The van der Waals surface area contributed by atoms with Crippen molar-refractivity contribution >= 4 is 29.3 Å². The number of anilines is 2. The van der Waals surface area contributed by atoms with E-state index in [2.05, 4.69) is 0 Å². The second-order valence-electron chi connectivity index (χ2n) is 8.21. The molecule has 0 amide bonds. The zero-order chi connectivity index (χ0) is 22.5. The first-order chi connectivity index (χ1) is 14.6. The van der Waals surface area contributed by atoms with Crippen molar-refractivity contribution in [3.8, 4) is 0 Å². The summed E-state index contributed by atoms with van der Waals surface area (Å²) in [5, 5.41) is 9.08. The molecule has 1 saturated heterocycles. The van der Waals surface area contributed by atoms with Gasteiger partial charge in [-0.15, -0.1) is 0 Å². The normalized spacial score (nSPS) is 24.3. The quantitative estimate of drug-likeness (QED) is 0.744. The van der Waals surface area contributed by atoms with E-state index in [9.17, 15) is 9.59 Å². The highest BCUT2D eigenvalue weighted by atomic mass is 16.6. The average molecular weight is 419 g/mol. The molecule has 0 bridgehead atoms. The van der Waals surface area contributed by atoms with Gasteiger partial charge in [0.15, 0.2) is 0 Å². The third-order valence-electron chi connectivity index (χ3n) is 5.67. The van der Waals surface area contributed by atoms with Crippen molar-refractivity contribution in [2.45, 2.75) is 46.6 Å². The fourth-order valence-corrected chi connectivity index (χ4v) is 4.29. The molecule has 0 saturated carbocycles. The van der Waals surface area contributed by atoms with Gasteiger partial charge in [-0.25, -0.2) is 9.59 Å². The Labute approximate surface area is 181 Å². The molecule has 2 aromatic rings. The van der Waals surface area contributed by atoms with Crippen LogP contribution in [0.25, 0.3) is 0 Å². The van der Waals surface area contributed by atoms with Gasteiger partial charge >= 0.3 is 11.9 Å². The number of ether oxygens (including phenoxy) is 2. The molecule has 2 aliphatic heterocycles. The zero-order valence-corrected chi connectivity index (χ0v) is 18.2. The molecule has 2 heterocycles. The van der Waals surface area contributed by atoms with Crippen molar-refractivity contribution in [3.05, 3.63) is 70.8 Å². The molecule has 1 fully saturated rings. The maximum atomic E-state index is 12.5. The number of carbonyl (C=O) groups is 2. The predicted molar refractivity (Wildman–Crippen MR) is 118 cm³/mol. The van der Waals surface area contributed by atoms with Crippen molar-refractivity contribution in [1.82, 2.24) is 0 Å². The molecule has 31 heavy (non-hydrogen) atoms. The van der Waals surface area contributed by atoms with Gasteiger partial charge < -0.3 is 9.47 Å². The van der Waals surface area contributed by atoms with E-state index in [1.54, 1.807) is 16.7 Å². The van der Waals surface area contributed by atoms with Gasteiger partial charge in [0.1, 0.15) is 0 Å². The van der Waals surface area contributed by atoms with Gasteiger partial charge in [0.05, 0.1) is 11.4 Å². The Hall–Kier alpha value is -3.61. The molecular formula is C24H25N3O4. The predicted octanol–water partition coefficient (Wildman–Crippen LogP) is 3.88. The van der Waals surface area contributed by atoms with Crippen molar-refractivity contribution in [3.63, 3.8) is 0 Å². The lowest BCUT2D eigenvalue weighted by Crippen LogP contribution is -2.55. The second kappa shape index (κ2) is 7.27. The zero-order valence-electron chi connectivity index (χ0n) is 18.2. The minimum Gasteiger partial charge on any atom is -0.431 e. The van der Waals surface area contributed by atoms with Crippen LogP contribution in [0.15, 0.2) is 48.6 Å². The molecule has 0 aliphatic carbocycles. The van der Waals surface area contributed by atoms with Crippen molar-refractivity contribution < 1.29 is 19.1 Å². The van der Waals surface area contributed by atoms with Crippen LogP contribution < -0.4 is 9.80 Å². The smallest absolute Gasteiger partial charge is 0.333 e. The molecule has 2 atom stereocenters. The third kappa shape index (κ3) is 3.36. The summed E-state index contributed by atoms with van der Waals surface area (Å²) in [6.45, 7) is 9.51. The standard InChI is InChI=1S/C24H25N3O4/c1-14-6-8-18(16(3)12-14)26-22-24(5,31-21(29)11-10-20(28)30-22)27(23(26)25)19-9-7-15(2)13-17(19)4/h6-13,22,25H,1-5H3/b11-10+,25-23?. The van der Waals surface area contributed by atoms with E-state index in [4.69, 9.17) is 14.9 Å². The lowest BCUT2D eigenvalue weighted by atomic mass is 10.1. The van der Waals surface area contributed by atoms with Gasteiger partial charge in [0, 0.05) is 19.1 Å². The molecule has 7 nitrogen and oxygen atoms in total. The van der Waals surface area contributed by atoms with Crippen molar-refractivity contribution in [1.29, 1.82) is 5.41 Å². The number of benzene rings is 2. The highest BCUT2D eigenvalue weighted by molar-refractivity contribution is 6.11. The number of hydrogen-bond acceptors (Lipinski definition) is 5. The molecule has 0 radical (unpaired) electrons. The average Bonchev–Trinajstić information content (AvgIpc) is 2.86. The first kappa shape index (κ1) is 20.7. The van der Waals surface area contributed by atoms with E-state index in [0.717, 1.165) is 34.4 Å². The van der Waals surface area contributed by atoms with Crippen LogP contribution in [-0.4, -0.2) is 29.9 Å². The lowest BCUT2D eigenvalue weighted by Gasteiger charge is -2.37. The second-order valence-corrected chi connectivity index (χ2v) is 8.21. The lowest BCUT2D eigenvalue weighted by molar-refractivity contribution is -0.174. The molecule has 2 unspecified atom stereocenters. The summed E-state index contributed by atoms with van der Waals surface area (Å²) in [4.78, 5) is 28.1. The van der Waals surface area contributed by atoms with Crippen LogP contribution in [0.3, 0.4) is 0 Å². The number of rotatable bonds is 2. The van der Waals surface area contributed by atoms with E-state index in [0.29, 0.717) is 11.4 Å². The van der Waals surface area contributed by atoms with Crippen LogP contribution in [0.2, 0.25) is 0 Å². The van der Waals surface area contributed by atoms with Crippen LogP contribution in [0.1, 0.15) is 29.2 Å². The minimum atomic E-state index is -1.45. The Morgan fingerprint density at radius 1 is 0.871 bits per heavy atom.